The molecule has 0 spiro atoms. The van der Waals surface area contributed by atoms with Crippen LogP contribution < -0.4 is 4.90 Å². The molecule has 2 saturated carbocycles. The molecule has 3 aliphatic rings. The number of fused-ring (bicyclic) bond motifs is 2. The molecule has 1 aliphatic heterocycles. The summed E-state index contributed by atoms with van der Waals surface area (Å²) in [5.74, 6) is 2.11. The number of nitrogens with one attached hydrogen (secondary N) is 1. The van der Waals surface area contributed by atoms with Gasteiger partial charge in [0.2, 0.25) is 5.91 Å². The highest BCUT2D eigenvalue weighted by molar-refractivity contribution is 5.89. The predicted molar refractivity (Wildman–Crippen MR) is 96.2 cm³/mol. The minimum absolute atomic E-state index is 0.0733. The van der Waals surface area contributed by atoms with Gasteiger partial charge in [0.25, 0.3) is 0 Å². The second kappa shape index (κ2) is 5.44. The Morgan fingerprint density at radius 1 is 1.35 bits per heavy atom. The maximum Gasteiger partial charge on any atom is 0.243 e. The summed E-state index contributed by atoms with van der Waals surface area (Å²) in [4.78, 5) is 28.8. The van der Waals surface area contributed by atoms with E-state index in [1.807, 2.05) is 17.2 Å². The number of carbonyl (C=O) groups excluding carboxylic acids is 1. The fraction of sp³-hybridized carbons (Fsp3) is 0.579. The van der Waals surface area contributed by atoms with Gasteiger partial charge in [0, 0.05) is 32.4 Å². The Hall–Kier alpha value is -2.62. The Balaban J connectivity index is 1.29. The fourth-order valence-corrected chi connectivity index (χ4v) is 4.86. The maximum atomic E-state index is 12.6. The van der Waals surface area contributed by atoms with Gasteiger partial charge in [-0.25, -0.2) is 9.97 Å². The molecule has 3 heterocycles. The molecule has 3 fully saturated rings. The molecule has 1 amide bonds. The average molecular weight is 350 g/mol. The molecule has 2 unspecified atom stereocenters. The van der Waals surface area contributed by atoms with Crippen LogP contribution in [-0.4, -0.2) is 51.9 Å². The molecule has 0 radical (unpaired) electrons. The lowest BCUT2D eigenvalue weighted by Gasteiger charge is -2.28. The number of rotatable bonds is 3. The molecular weight excluding hydrogens is 328 g/mol. The lowest BCUT2D eigenvalue weighted by Crippen LogP contribution is -2.37. The highest BCUT2D eigenvalue weighted by Gasteiger charge is 2.55. The summed E-state index contributed by atoms with van der Waals surface area (Å²) in [6.45, 7) is 1.61. The Labute approximate surface area is 152 Å². The molecule has 7 nitrogen and oxygen atoms in total. The largest absolute Gasteiger partial charge is 0.356 e. The van der Waals surface area contributed by atoms with Gasteiger partial charge in [0.1, 0.15) is 23.2 Å². The van der Waals surface area contributed by atoms with Crippen molar-refractivity contribution in [3.63, 3.8) is 0 Å². The van der Waals surface area contributed by atoms with E-state index in [4.69, 9.17) is 0 Å². The number of hydrogen-bond acceptors (Lipinski definition) is 5. The number of carbonyl (C=O) groups is 1. The number of hydrogen-bond donors (Lipinski definition) is 1. The van der Waals surface area contributed by atoms with E-state index in [0.717, 1.165) is 55.6 Å². The van der Waals surface area contributed by atoms with Gasteiger partial charge >= 0.3 is 0 Å². The van der Waals surface area contributed by atoms with Gasteiger partial charge in [-0.2, -0.15) is 5.26 Å². The van der Waals surface area contributed by atoms with Crippen LogP contribution in [0, 0.1) is 28.6 Å². The number of anilines is 1. The first-order valence-electron chi connectivity index (χ1n) is 9.33. The second-order valence-electron chi connectivity index (χ2n) is 8.10. The van der Waals surface area contributed by atoms with E-state index in [-0.39, 0.29) is 5.91 Å². The summed E-state index contributed by atoms with van der Waals surface area (Å²) >= 11 is 0. The van der Waals surface area contributed by atoms with Crippen LogP contribution in [0.3, 0.4) is 0 Å². The summed E-state index contributed by atoms with van der Waals surface area (Å²) in [7, 11) is 2.11. The minimum Gasteiger partial charge on any atom is -0.356 e. The standard InChI is InChI=1S/C19H22N6O/c1-24(17-15-2-5-21-16(15)22-11-23-17)14-6-12-8-25(9-13(12)7-14)18(26)19(10-20)3-4-19/h2,5,11-14H,3-4,6-9H2,1H3,(H,21,22,23)/t12-,13?,14?/m1/s1. The molecule has 7 heteroatoms. The first kappa shape index (κ1) is 15.6. The van der Waals surface area contributed by atoms with Crippen LogP contribution in [-0.2, 0) is 4.79 Å². The summed E-state index contributed by atoms with van der Waals surface area (Å²) in [5, 5.41) is 10.3. The number of nitriles is 1. The van der Waals surface area contributed by atoms with Crippen LogP contribution in [0.1, 0.15) is 25.7 Å². The average Bonchev–Trinajstić information content (AvgIpc) is 2.97. The lowest BCUT2D eigenvalue weighted by atomic mass is 10.0. The number of aromatic amines is 1. The number of aromatic nitrogens is 3. The number of nitrogens with zero attached hydrogens (tertiary/aromatic N) is 5. The van der Waals surface area contributed by atoms with Crippen molar-refractivity contribution in [2.24, 2.45) is 17.3 Å². The molecule has 1 N–H and O–H groups in total. The van der Waals surface area contributed by atoms with Crippen molar-refractivity contribution < 1.29 is 4.79 Å². The van der Waals surface area contributed by atoms with Crippen LogP contribution in [0.15, 0.2) is 18.6 Å². The van der Waals surface area contributed by atoms with Crippen molar-refractivity contribution in [3.8, 4) is 6.07 Å². The number of likely N-dealkylation sites (tertiary alicyclic amines) is 1. The van der Waals surface area contributed by atoms with E-state index < -0.39 is 5.41 Å². The minimum atomic E-state index is -0.685. The highest BCUT2D eigenvalue weighted by atomic mass is 16.2. The zero-order valence-corrected chi connectivity index (χ0v) is 14.9. The van der Waals surface area contributed by atoms with Crippen LogP contribution in [0.2, 0.25) is 0 Å². The Morgan fingerprint density at radius 2 is 2.08 bits per heavy atom. The monoisotopic (exact) mass is 350 g/mol. The van der Waals surface area contributed by atoms with Crippen molar-refractivity contribution in [1.82, 2.24) is 19.9 Å². The summed E-state index contributed by atoms with van der Waals surface area (Å²) in [6, 6.07) is 4.69. The van der Waals surface area contributed by atoms with Gasteiger partial charge < -0.3 is 14.8 Å². The first-order chi connectivity index (χ1) is 12.6. The van der Waals surface area contributed by atoms with E-state index >= 15 is 0 Å². The molecule has 134 valence electrons. The van der Waals surface area contributed by atoms with Gasteiger partial charge in [0.05, 0.1) is 11.5 Å². The van der Waals surface area contributed by atoms with Crippen molar-refractivity contribution in [3.05, 3.63) is 18.6 Å². The Morgan fingerprint density at radius 3 is 2.73 bits per heavy atom. The molecule has 1 saturated heterocycles. The van der Waals surface area contributed by atoms with E-state index in [9.17, 15) is 10.1 Å². The lowest BCUT2D eigenvalue weighted by molar-refractivity contribution is -0.134. The fourth-order valence-electron chi connectivity index (χ4n) is 4.86. The molecule has 0 bridgehead atoms. The normalized spacial score (nSPS) is 28.8. The zero-order valence-electron chi connectivity index (χ0n) is 14.9. The third-order valence-corrected chi connectivity index (χ3v) is 6.60. The van der Waals surface area contributed by atoms with Gasteiger partial charge in [-0.05, 0) is 43.6 Å². The third-order valence-electron chi connectivity index (χ3n) is 6.60. The highest BCUT2D eigenvalue weighted by Crippen LogP contribution is 2.49. The van der Waals surface area contributed by atoms with Crippen molar-refractivity contribution in [2.45, 2.75) is 31.7 Å². The molecule has 2 aromatic rings. The number of H-pyrrole nitrogens is 1. The van der Waals surface area contributed by atoms with Crippen molar-refractivity contribution in [1.29, 1.82) is 5.26 Å². The van der Waals surface area contributed by atoms with Crippen LogP contribution in [0.25, 0.3) is 11.0 Å². The number of amides is 1. The molecule has 0 aromatic carbocycles. The molecule has 5 rings (SSSR count). The zero-order chi connectivity index (χ0) is 17.9. The smallest absolute Gasteiger partial charge is 0.243 e. The van der Waals surface area contributed by atoms with E-state index in [1.54, 1.807) is 6.33 Å². The Kier molecular flexibility index (Phi) is 3.27. The SMILES string of the molecule is CN(c1ncnc2[nH]ccc12)C1CC2CN(C(=O)C3(C#N)CC3)C[C@H]2C1. The van der Waals surface area contributed by atoms with Crippen molar-refractivity contribution in [2.75, 3.05) is 25.0 Å². The van der Waals surface area contributed by atoms with E-state index in [2.05, 4.69) is 33.0 Å². The second-order valence-corrected chi connectivity index (χ2v) is 8.10. The van der Waals surface area contributed by atoms with Gasteiger partial charge in [0.15, 0.2) is 0 Å². The molecule has 26 heavy (non-hydrogen) atoms. The van der Waals surface area contributed by atoms with Crippen LogP contribution >= 0.6 is 0 Å². The van der Waals surface area contributed by atoms with E-state index in [1.165, 1.54) is 0 Å². The van der Waals surface area contributed by atoms with Crippen LogP contribution in [0.4, 0.5) is 5.82 Å². The molecule has 2 aliphatic carbocycles. The van der Waals surface area contributed by atoms with Crippen LogP contribution in [0.5, 0.6) is 0 Å². The molecule has 3 atom stereocenters. The van der Waals surface area contributed by atoms with Gasteiger partial charge in [-0.1, -0.05) is 0 Å². The quantitative estimate of drug-likeness (QED) is 0.914. The maximum absolute atomic E-state index is 12.6. The summed E-state index contributed by atoms with van der Waals surface area (Å²) in [6.07, 6.45) is 7.12. The van der Waals surface area contributed by atoms with Crippen molar-refractivity contribution >= 4 is 22.8 Å². The molecule has 2 aromatic heterocycles. The van der Waals surface area contributed by atoms with Gasteiger partial charge in [-0.15, -0.1) is 0 Å². The topological polar surface area (TPSA) is 88.9 Å². The van der Waals surface area contributed by atoms with Gasteiger partial charge in [-0.3, -0.25) is 4.79 Å². The first-order valence-corrected chi connectivity index (χ1v) is 9.33. The third kappa shape index (κ3) is 2.21. The Bertz CT molecular complexity index is 896. The predicted octanol–water partition coefficient (Wildman–Crippen LogP) is 1.93. The van der Waals surface area contributed by atoms with E-state index in [0.29, 0.717) is 17.9 Å². The summed E-state index contributed by atoms with van der Waals surface area (Å²) < 4.78 is 0. The summed E-state index contributed by atoms with van der Waals surface area (Å²) in [5.41, 5.74) is 0.179. The molecular formula is C19H22N6O.